The number of benzene rings is 2. The average Bonchev–Trinajstić information content (AvgIpc) is 3.33. The minimum atomic E-state index is -0.797. The summed E-state index contributed by atoms with van der Waals surface area (Å²) in [6, 6.07) is 10.8. The molecule has 1 fully saturated rings. The van der Waals surface area contributed by atoms with Crippen molar-refractivity contribution in [3.8, 4) is 5.75 Å². The third-order valence-electron chi connectivity index (χ3n) is 5.53. The Morgan fingerprint density at radius 1 is 1.06 bits per heavy atom. The fourth-order valence-corrected chi connectivity index (χ4v) is 3.90. The van der Waals surface area contributed by atoms with Crippen molar-refractivity contribution >= 4 is 35.0 Å². The number of ether oxygens (including phenoxy) is 1. The first-order valence-corrected chi connectivity index (χ1v) is 11.6. The van der Waals surface area contributed by atoms with Crippen LogP contribution in [-0.2, 0) is 4.79 Å². The molecule has 0 aromatic heterocycles. The number of carbonyl (C=O) groups is 3. The zero-order valence-electron chi connectivity index (χ0n) is 19.2. The molecule has 1 aliphatic heterocycles. The van der Waals surface area contributed by atoms with E-state index in [0.29, 0.717) is 47.3 Å². The number of carbonyl (C=O) groups excluding carboxylic acids is 3. The molecule has 1 unspecified atom stereocenters. The van der Waals surface area contributed by atoms with Crippen molar-refractivity contribution in [2.45, 2.75) is 39.7 Å². The Labute approximate surface area is 199 Å². The SMILES string of the molecule is CCOc1ccc(C(=O)NC(C(=O)Nc2ccc(Cl)cc2C(=O)N2CCCC2)C(C)C)cc1. The van der Waals surface area contributed by atoms with Crippen LogP contribution in [0.4, 0.5) is 5.69 Å². The molecular weight excluding hydrogens is 442 g/mol. The number of nitrogens with one attached hydrogen (secondary N) is 2. The highest BCUT2D eigenvalue weighted by Crippen LogP contribution is 2.25. The van der Waals surface area contributed by atoms with Crippen LogP contribution in [0, 0.1) is 5.92 Å². The first-order chi connectivity index (χ1) is 15.8. The van der Waals surface area contributed by atoms with Gasteiger partial charge in [0.05, 0.1) is 17.9 Å². The Morgan fingerprint density at radius 2 is 1.73 bits per heavy atom. The van der Waals surface area contributed by atoms with Crippen LogP contribution in [0.15, 0.2) is 42.5 Å². The van der Waals surface area contributed by atoms with E-state index in [1.807, 2.05) is 20.8 Å². The van der Waals surface area contributed by atoms with Gasteiger partial charge in [-0.2, -0.15) is 0 Å². The lowest BCUT2D eigenvalue weighted by Crippen LogP contribution is -2.47. The fourth-order valence-electron chi connectivity index (χ4n) is 3.73. The van der Waals surface area contributed by atoms with Gasteiger partial charge in [0, 0.05) is 23.7 Å². The van der Waals surface area contributed by atoms with Gasteiger partial charge in [0.25, 0.3) is 11.8 Å². The number of hydrogen-bond acceptors (Lipinski definition) is 4. The molecule has 8 heteroatoms. The normalized spacial score (nSPS) is 14.2. The molecule has 1 saturated heterocycles. The Balaban J connectivity index is 1.75. The minimum Gasteiger partial charge on any atom is -0.494 e. The molecule has 2 aromatic rings. The summed E-state index contributed by atoms with van der Waals surface area (Å²) < 4.78 is 5.40. The third kappa shape index (κ3) is 6.26. The molecule has 1 heterocycles. The molecule has 1 atom stereocenters. The molecule has 0 radical (unpaired) electrons. The van der Waals surface area contributed by atoms with Crippen LogP contribution in [0.1, 0.15) is 54.3 Å². The summed E-state index contributed by atoms with van der Waals surface area (Å²) in [4.78, 5) is 40.6. The second kappa shape index (κ2) is 11.2. The molecular formula is C25H30ClN3O4. The summed E-state index contributed by atoms with van der Waals surface area (Å²) in [7, 11) is 0. The lowest BCUT2D eigenvalue weighted by molar-refractivity contribution is -0.118. The number of nitrogens with zero attached hydrogens (tertiary/aromatic N) is 1. The van der Waals surface area contributed by atoms with Crippen molar-refractivity contribution in [3.05, 3.63) is 58.6 Å². The number of rotatable bonds is 8. The maximum absolute atomic E-state index is 13.1. The topological polar surface area (TPSA) is 87.7 Å². The number of halogens is 1. The van der Waals surface area contributed by atoms with Crippen LogP contribution in [-0.4, -0.2) is 48.4 Å². The lowest BCUT2D eigenvalue weighted by atomic mass is 10.0. The van der Waals surface area contributed by atoms with Crippen LogP contribution >= 0.6 is 11.6 Å². The zero-order chi connectivity index (χ0) is 24.0. The van der Waals surface area contributed by atoms with Crippen LogP contribution in [0.25, 0.3) is 0 Å². The maximum Gasteiger partial charge on any atom is 0.256 e. The van der Waals surface area contributed by atoms with Gasteiger partial charge in [-0.1, -0.05) is 25.4 Å². The largest absolute Gasteiger partial charge is 0.494 e. The van der Waals surface area contributed by atoms with Crippen molar-refractivity contribution < 1.29 is 19.1 Å². The lowest BCUT2D eigenvalue weighted by Gasteiger charge is -2.23. The second-order valence-corrected chi connectivity index (χ2v) is 8.77. The molecule has 0 bridgehead atoms. The summed E-state index contributed by atoms with van der Waals surface area (Å²) in [5.74, 6) is -0.435. The Bertz CT molecular complexity index is 1000. The van der Waals surface area contributed by atoms with Gasteiger partial charge in [-0.3, -0.25) is 14.4 Å². The van der Waals surface area contributed by atoms with E-state index in [4.69, 9.17) is 16.3 Å². The van der Waals surface area contributed by atoms with Gasteiger partial charge < -0.3 is 20.3 Å². The summed E-state index contributed by atoms with van der Waals surface area (Å²) in [6.45, 7) is 7.49. The van der Waals surface area contributed by atoms with E-state index in [9.17, 15) is 14.4 Å². The Hall–Kier alpha value is -3.06. The highest BCUT2D eigenvalue weighted by molar-refractivity contribution is 6.31. The van der Waals surface area contributed by atoms with Crippen molar-refractivity contribution in [1.82, 2.24) is 10.2 Å². The first-order valence-electron chi connectivity index (χ1n) is 11.2. The molecule has 1 aliphatic rings. The summed E-state index contributed by atoms with van der Waals surface area (Å²) >= 11 is 6.14. The van der Waals surface area contributed by atoms with E-state index in [-0.39, 0.29) is 17.7 Å². The quantitative estimate of drug-likeness (QED) is 0.598. The third-order valence-corrected chi connectivity index (χ3v) is 5.76. The van der Waals surface area contributed by atoms with Gasteiger partial charge in [-0.15, -0.1) is 0 Å². The predicted molar refractivity (Wildman–Crippen MR) is 129 cm³/mol. The molecule has 2 N–H and O–H groups in total. The smallest absolute Gasteiger partial charge is 0.256 e. The van der Waals surface area contributed by atoms with Gasteiger partial charge in [0.15, 0.2) is 0 Å². The van der Waals surface area contributed by atoms with Crippen LogP contribution in [0.3, 0.4) is 0 Å². The molecule has 176 valence electrons. The first kappa shape index (κ1) is 24.6. The summed E-state index contributed by atoms with van der Waals surface area (Å²) in [5.41, 5.74) is 1.15. The molecule has 2 aromatic carbocycles. The van der Waals surface area contributed by atoms with E-state index in [2.05, 4.69) is 10.6 Å². The van der Waals surface area contributed by atoms with Crippen LogP contribution in [0.5, 0.6) is 5.75 Å². The second-order valence-electron chi connectivity index (χ2n) is 8.33. The molecule has 0 spiro atoms. The maximum atomic E-state index is 13.1. The molecule has 33 heavy (non-hydrogen) atoms. The van der Waals surface area contributed by atoms with Gasteiger partial charge in [0.2, 0.25) is 5.91 Å². The molecule has 0 saturated carbocycles. The van der Waals surface area contributed by atoms with E-state index in [1.165, 1.54) is 0 Å². The van der Waals surface area contributed by atoms with Gasteiger partial charge in [0.1, 0.15) is 11.8 Å². The van der Waals surface area contributed by atoms with E-state index in [1.54, 1.807) is 47.4 Å². The van der Waals surface area contributed by atoms with Crippen molar-refractivity contribution in [3.63, 3.8) is 0 Å². The molecule has 3 rings (SSSR count). The monoisotopic (exact) mass is 471 g/mol. The van der Waals surface area contributed by atoms with Crippen LogP contribution in [0.2, 0.25) is 5.02 Å². The number of likely N-dealkylation sites (tertiary alicyclic amines) is 1. The molecule has 7 nitrogen and oxygen atoms in total. The average molecular weight is 472 g/mol. The van der Waals surface area contributed by atoms with E-state index in [0.717, 1.165) is 12.8 Å². The van der Waals surface area contributed by atoms with Crippen molar-refractivity contribution in [2.24, 2.45) is 5.92 Å². The number of amides is 3. The number of anilines is 1. The zero-order valence-corrected chi connectivity index (χ0v) is 19.9. The predicted octanol–water partition coefficient (Wildman–Crippen LogP) is 4.37. The summed E-state index contributed by atoms with van der Waals surface area (Å²) in [5, 5.41) is 6.05. The highest BCUT2D eigenvalue weighted by Gasteiger charge is 2.27. The van der Waals surface area contributed by atoms with Gasteiger partial charge in [-0.05, 0) is 68.1 Å². The van der Waals surface area contributed by atoms with Crippen molar-refractivity contribution in [2.75, 3.05) is 25.0 Å². The summed E-state index contributed by atoms with van der Waals surface area (Å²) in [6.07, 6.45) is 1.92. The van der Waals surface area contributed by atoms with E-state index < -0.39 is 11.9 Å². The Morgan fingerprint density at radius 3 is 2.33 bits per heavy atom. The minimum absolute atomic E-state index is 0.162. The Kier molecular flexibility index (Phi) is 8.33. The molecule has 3 amide bonds. The highest BCUT2D eigenvalue weighted by atomic mass is 35.5. The van der Waals surface area contributed by atoms with Crippen LogP contribution < -0.4 is 15.4 Å². The standard InChI is InChI=1S/C25H30ClN3O4/c1-4-33-19-10-7-17(8-11-19)23(30)28-22(16(2)3)24(31)27-21-12-9-18(26)15-20(21)25(32)29-13-5-6-14-29/h7-12,15-16,22H,4-6,13-14H2,1-3H3,(H,27,31)(H,28,30). The van der Waals surface area contributed by atoms with E-state index >= 15 is 0 Å². The van der Waals surface area contributed by atoms with Gasteiger partial charge in [-0.25, -0.2) is 0 Å². The molecule has 0 aliphatic carbocycles. The van der Waals surface area contributed by atoms with Gasteiger partial charge >= 0.3 is 0 Å². The fraction of sp³-hybridized carbons (Fsp3) is 0.400. The van der Waals surface area contributed by atoms with Crippen molar-refractivity contribution in [1.29, 1.82) is 0 Å². The number of hydrogen-bond donors (Lipinski definition) is 2.